The van der Waals surface area contributed by atoms with E-state index >= 15 is 4.39 Å². The average molecular weight is 606 g/mol. The van der Waals surface area contributed by atoms with Gasteiger partial charge in [0.1, 0.15) is 41.0 Å². The summed E-state index contributed by atoms with van der Waals surface area (Å²) in [5.41, 5.74) is 5.92. The molecule has 1 amide bonds. The molecule has 0 saturated carbocycles. The molecule has 3 heterocycles. The van der Waals surface area contributed by atoms with Gasteiger partial charge in [0.25, 0.3) is 5.91 Å². The molecule has 0 unspecified atom stereocenters. The van der Waals surface area contributed by atoms with Crippen molar-refractivity contribution in [2.75, 3.05) is 18.9 Å². The number of anilines is 1. The second-order valence-corrected chi connectivity index (χ2v) is 10.8. The molecular weight excluding hydrogens is 575 g/mol. The van der Waals surface area contributed by atoms with Crippen molar-refractivity contribution in [3.63, 3.8) is 0 Å². The zero-order valence-corrected chi connectivity index (χ0v) is 24.4. The number of ether oxygens (including phenoxy) is 2. The second-order valence-electron chi connectivity index (χ2n) is 10.8. The summed E-state index contributed by atoms with van der Waals surface area (Å²) in [5, 5.41) is 14.7. The summed E-state index contributed by atoms with van der Waals surface area (Å²) >= 11 is 0. The summed E-state index contributed by atoms with van der Waals surface area (Å²) in [4.78, 5) is 23.5. The summed E-state index contributed by atoms with van der Waals surface area (Å²) in [5.74, 6) is -3.83. The van der Waals surface area contributed by atoms with Crippen molar-refractivity contribution in [3.05, 3.63) is 71.8 Å². The SMILES string of the molecule is CCOC(C)(C)/C=C(/C#N)C(=O)N1CCC[C@@H]1Cn1nc(-c2ccc(Oc3cccc(F)c3F)cc2F)c2c(N)ncnc21. The van der Waals surface area contributed by atoms with Crippen LogP contribution in [0.5, 0.6) is 11.5 Å². The zero-order chi connectivity index (χ0) is 31.6. The quantitative estimate of drug-likeness (QED) is 0.194. The summed E-state index contributed by atoms with van der Waals surface area (Å²) in [6.45, 7) is 6.46. The van der Waals surface area contributed by atoms with Gasteiger partial charge >= 0.3 is 0 Å². The lowest BCUT2D eigenvalue weighted by Gasteiger charge is -2.26. The van der Waals surface area contributed by atoms with E-state index in [0.717, 1.165) is 18.6 Å². The predicted molar refractivity (Wildman–Crippen MR) is 156 cm³/mol. The van der Waals surface area contributed by atoms with Crippen LogP contribution in [-0.2, 0) is 16.1 Å². The van der Waals surface area contributed by atoms with Crippen LogP contribution in [0.3, 0.4) is 0 Å². The highest BCUT2D eigenvalue weighted by Crippen LogP contribution is 2.35. The lowest BCUT2D eigenvalue weighted by Crippen LogP contribution is -2.39. The van der Waals surface area contributed by atoms with Crippen LogP contribution < -0.4 is 10.5 Å². The number of nitrogens with two attached hydrogens (primary N) is 1. The monoisotopic (exact) mass is 605 g/mol. The molecule has 0 bridgehead atoms. The first kappa shape index (κ1) is 30.5. The highest BCUT2D eigenvalue weighted by Gasteiger charge is 2.33. The molecule has 13 heteroatoms. The number of aromatic nitrogens is 4. The van der Waals surface area contributed by atoms with Gasteiger partial charge < -0.3 is 20.1 Å². The first-order valence-electron chi connectivity index (χ1n) is 14.0. The van der Waals surface area contributed by atoms with Crippen LogP contribution in [0.1, 0.15) is 33.6 Å². The number of hydrogen-bond acceptors (Lipinski definition) is 8. The minimum Gasteiger partial charge on any atom is -0.454 e. The van der Waals surface area contributed by atoms with Crippen LogP contribution in [-0.4, -0.2) is 55.4 Å². The van der Waals surface area contributed by atoms with Crippen LogP contribution >= 0.6 is 0 Å². The third-order valence-corrected chi connectivity index (χ3v) is 7.28. The normalized spacial score (nSPS) is 15.5. The van der Waals surface area contributed by atoms with Gasteiger partial charge in [-0.15, -0.1) is 0 Å². The molecule has 228 valence electrons. The van der Waals surface area contributed by atoms with Crippen molar-refractivity contribution in [1.82, 2.24) is 24.6 Å². The fraction of sp³-hybridized carbons (Fsp3) is 0.323. The molecule has 1 atom stereocenters. The molecule has 1 fully saturated rings. The van der Waals surface area contributed by atoms with Gasteiger partial charge in [-0.1, -0.05) is 6.07 Å². The first-order valence-corrected chi connectivity index (χ1v) is 14.0. The summed E-state index contributed by atoms with van der Waals surface area (Å²) < 4.78 is 55.7. The van der Waals surface area contributed by atoms with Gasteiger partial charge in [0, 0.05) is 24.8 Å². The molecule has 0 aliphatic carbocycles. The Morgan fingerprint density at radius 3 is 2.73 bits per heavy atom. The maximum Gasteiger partial charge on any atom is 0.264 e. The van der Waals surface area contributed by atoms with Crippen LogP contribution in [0, 0.1) is 28.8 Å². The van der Waals surface area contributed by atoms with Crippen molar-refractivity contribution in [2.45, 2.75) is 51.8 Å². The smallest absolute Gasteiger partial charge is 0.264 e. The van der Waals surface area contributed by atoms with E-state index in [2.05, 4.69) is 15.1 Å². The Balaban J connectivity index is 1.46. The van der Waals surface area contributed by atoms with E-state index in [1.165, 1.54) is 36.7 Å². The maximum absolute atomic E-state index is 15.5. The molecule has 1 aliphatic rings. The minimum absolute atomic E-state index is 0.0181. The lowest BCUT2D eigenvalue weighted by molar-refractivity contribution is -0.127. The third-order valence-electron chi connectivity index (χ3n) is 7.28. The molecule has 4 aromatic rings. The average Bonchev–Trinajstić information content (AvgIpc) is 3.59. The number of rotatable bonds is 9. The number of amides is 1. The van der Waals surface area contributed by atoms with E-state index in [4.69, 9.17) is 15.2 Å². The molecule has 1 saturated heterocycles. The van der Waals surface area contributed by atoms with Crippen molar-refractivity contribution in [1.29, 1.82) is 5.26 Å². The van der Waals surface area contributed by atoms with Crippen LogP contribution in [0.15, 0.2) is 54.4 Å². The predicted octanol–water partition coefficient (Wildman–Crippen LogP) is 5.54. The largest absolute Gasteiger partial charge is 0.454 e. The molecule has 2 aromatic heterocycles. The Morgan fingerprint density at radius 1 is 1.20 bits per heavy atom. The molecule has 2 N–H and O–H groups in total. The third kappa shape index (κ3) is 6.07. The number of nitrogen functional groups attached to an aromatic ring is 1. The van der Waals surface area contributed by atoms with Gasteiger partial charge in [-0.05, 0) is 64.0 Å². The summed E-state index contributed by atoms with van der Waals surface area (Å²) in [6, 6.07) is 8.94. The van der Waals surface area contributed by atoms with Crippen LogP contribution in [0.2, 0.25) is 0 Å². The van der Waals surface area contributed by atoms with Gasteiger partial charge in [-0.2, -0.15) is 14.8 Å². The highest BCUT2D eigenvalue weighted by molar-refractivity contribution is 5.99. The van der Waals surface area contributed by atoms with Gasteiger partial charge in [-0.3, -0.25) is 4.79 Å². The first-order chi connectivity index (χ1) is 21.0. The molecule has 10 nitrogen and oxygen atoms in total. The molecule has 1 aliphatic heterocycles. The van der Waals surface area contributed by atoms with Crippen LogP contribution in [0.4, 0.5) is 19.0 Å². The van der Waals surface area contributed by atoms with Crippen LogP contribution in [0.25, 0.3) is 22.3 Å². The molecule has 0 spiro atoms. The topological polar surface area (TPSA) is 132 Å². The van der Waals surface area contributed by atoms with Gasteiger partial charge in [0.2, 0.25) is 5.82 Å². The van der Waals surface area contributed by atoms with E-state index in [1.807, 2.05) is 13.0 Å². The number of carbonyl (C=O) groups is 1. The van der Waals surface area contributed by atoms with Crippen molar-refractivity contribution in [2.24, 2.45) is 0 Å². The summed E-state index contributed by atoms with van der Waals surface area (Å²) in [6.07, 6.45) is 4.16. The van der Waals surface area contributed by atoms with Crippen molar-refractivity contribution < 1.29 is 27.4 Å². The van der Waals surface area contributed by atoms with Gasteiger partial charge in [0.15, 0.2) is 17.2 Å². The number of halogens is 3. The number of nitrogens with zero attached hydrogens (tertiary/aromatic N) is 6. The molecule has 2 aromatic carbocycles. The molecular formula is C31H30F3N7O3. The maximum atomic E-state index is 15.5. The minimum atomic E-state index is -1.19. The van der Waals surface area contributed by atoms with E-state index in [9.17, 15) is 18.8 Å². The number of nitriles is 1. The number of likely N-dealkylation sites (tertiary alicyclic amines) is 1. The van der Waals surface area contributed by atoms with Gasteiger partial charge in [-0.25, -0.2) is 23.4 Å². The Hall–Kier alpha value is -4.96. The Kier molecular flexibility index (Phi) is 8.55. The van der Waals surface area contributed by atoms with Crippen molar-refractivity contribution in [3.8, 4) is 28.8 Å². The second kappa shape index (κ2) is 12.3. The molecule has 5 rings (SSSR count). The fourth-order valence-corrected chi connectivity index (χ4v) is 5.34. The summed E-state index contributed by atoms with van der Waals surface area (Å²) in [7, 11) is 0. The lowest BCUT2D eigenvalue weighted by atomic mass is 10.0. The number of carbonyl (C=O) groups excluding carboxylic acids is 1. The highest BCUT2D eigenvalue weighted by atomic mass is 19.2. The Bertz CT molecular complexity index is 1800. The standard InChI is InChI=1S/C31H30F3N7O3/c1-4-43-31(2,3)14-18(15-35)30(42)40-12-6-7-19(40)16-41-29-25(28(36)37-17-38-29)27(39-41)21-11-10-20(13-23(21)33)44-24-9-5-8-22(32)26(24)34/h5,8-11,13-14,17,19H,4,6-7,12,16H2,1-3H3,(H2,36,37,38)/b18-14-/t19-/m1/s1. The van der Waals surface area contributed by atoms with E-state index < -0.39 is 34.7 Å². The Morgan fingerprint density at radius 2 is 2.00 bits per heavy atom. The van der Waals surface area contributed by atoms with E-state index in [1.54, 1.807) is 23.4 Å². The van der Waals surface area contributed by atoms with E-state index in [0.29, 0.717) is 30.6 Å². The van der Waals surface area contributed by atoms with Gasteiger partial charge in [0.05, 0.1) is 23.6 Å². The number of benzene rings is 2. The fourth-order valence-electron chi connectivity index (χ4n) is 5.34. The number of hydrogen-bond donors (Lipinski definition) is 1. The zero-order valence-electron chi connectivity index (χ0n) is 24.4. The van der Waals surface area contributed by atoms with E-state index in [-0.39, 0.29) is 41.0 Å². The Labute approximate surface area is 251 Å². The molecule has 44 heavy (non-hydrogen) atoms. The number of fused-ring (bicyclic) bond motifs is 1. The molecule has 0 radical (unpaired) electrons. The van der Waals surface area contributed by atoms with Crippen molar-refractivity contribution >= 4 is 22.8 Å².